The Balaban J connectivity index is 1.99. The number of ketones is 1. The molecule has 1 heterocycles. The Hall–Kier alpha value is -1.68. The van der Waals surface area contributed by atoms with E-state index in [9.17, 15) is 4.79 Å². The molecule has 4 heteroatoms. The van der Waals surface area contributed by atoms with E-state index in [2.05, 4.69) is 23.1 Å². The van der Waals surface area contributed by atoms with Gasteiger partial charge in [0.25, 0.3) is 0 Å². The molecule has 2 aliphatic rings. The number of ether oxygens (including phenoxy) is 1. The highest BCUT2D eigenvalue weighted by Gasteiger charge is 2.29. The first-order chi connectivity index (χ1) is 11.7. The van der Waals surface area contributed by atoms with Crippen molar-refractivity contribution in [1.82, 2.24) is 0 Å². The number of hydrogen-bond acceptors (Lipinski definition) is 4. The lowest BCUT2D eigenvalue weighted by molar-refractivity contribution is -0.114. The molecule has 0 saturated heterocycles. The monoisotopic (exact) mass is 343 g/mol. The van der Waals surface area contributed by atoms with Crippen LogP contribution >= 0.6 is 11.8 Å². The van der Waals surface area contributed by atoms with Gasteiger partial charge in [0.05, 0.1) is 17.8 Å². The lowest BCUT2D eigenvalue weighted by Crippen LogP contribution is -2.17. The highest BCUT2D eigenvalue weighted by atomic mass is 32.2. The van der Waals surface area contributed by atoms with E-state index in [0.717, 1.165) is 34.9 Å². The van der Waals surface area contributed by atoms with E-state index in [0.29, 0.717) is 6.42 Å². The first kappa shape index (κ1) is 17.2. The number of carbonyl (C=O) groups excluding carboxylic acids is 1. The Labute approximate surface area is 148 Å². The van der Waals surface area contributed by atoms with E-state index in [-0.39, 0.29) is 5.78 Å². The molecule has 0 bridgehead atoms. The first-order valence-corrected chi connectivity index (χ1v) is 9.64. The van der Waals surface area contributed by atoms with Gasteiger partial charge in [-0.1, -0.05) is 31.2 Å². The highest BCUT2D eigenvalue weighted by Crippen LogP contribution is 2.50. The summed E-state index contributed by atoms with van der Waals surface area (Å²) in [5.74, 6) is 1.07. The maximum Gasteiger partial charge on any atom is 0.158 e. The summed E-state index contributed by atoms with van der Waals surface area (Å²) < 4.78 is 5.36. The minimum atomic E-state index is 0.207. The summed E-state index contributed by atoms with van der Waals surface area (Å²) in [7, 11) is 1.69. The first-order valence-electron chi connectivity index (χ1n) is 8.82. The van der Waals surface area contributed by atoms with Gasteiger partial charge in [-0.3, -0.25) is 4.79 Å². The molecule has 0 atom stereocenters. The van der Waals surface area contributed by atoms with Crippen molar-refractivity contribution < 1.29 is 9.53 Å². The van der Waals surface area contributed by atoms with Crippen LogP contribution in [0.15, 0.2) is 46.0 Å². The molecule has 128 valence electrons. The molecule has 1 aliphatic heterocycles. The van der Waals surface area contributed by atoms with E-state index < -0.39 is 0 Å². The number of carbonyl (C=O) groups is 1. The van der Waals surface area contributed by atoms with Gasteiger partial charge < -0.3 is 9.64 Å². The Morgan fingerprint density at radius 3 is 3.00 bits per heavy atom. The zero-order valence-corrected chi connectivity index (χ0v) is 15.3. The minimum absolute atomic E-state index is 0.207. The Bertz CT molecular complexity index is 678. The molecule has 0 N–H and O–H groups in total. The topological polar surface area (TPSA) is 29.5 Å². The van der Waals surface area contributed by atoms with Crippen molar-refractivity contribution in [2.45, 2.75) is 56.8 Å². The number of hydrogen-bond donors (Lipinski definition) is 0. The second-order valence-electron chi connectivity index (χ2n) is 6.26. The molecular weight excluding hydrogens is 318 g/mol. The summed E-state index contributed by atoms with van der Waals surface area (Å²) in [5, 5.41) is 1.03. The molecule has 1 aromatic rings. The predicted molar refractivity (Wildman–Crippen MR) is 100 cm³/mol. The van der Waals surface area contributed by atoms with Crippen LogP contribution in [0.2, 0.25) is 0 Å². The van der Waals surface area contributed by atoms with Crippen LogP contribution in [0.4, 0.5) is 5.69 Å². The van der Waals surface area contributed by atoms with Crippen molar-refractivity contribution in [3.8, 4) is 5.75 Å². The molecular formula is C20H25NO2S. The van der Waals surface area contributed by atoms with Crippen LogP contribution in [0.25, 0.3) is 0 Å². The van der Waals surface area contributed by atoms with Gasteiger partial charge in [0.2, 0.25) is 0 Å². The third-order valence-corrected chi connectivity index (χ3v) is 5.48. The highest BCUT2D eigenvalue weighted by molar-refractivity contribution is 8.03. The van der Waals surface area contributed by atoms with E-state index in [4.69, 9.17) is 4.74 Å². The molecule has 1 aliphatic carbocycles. The lowest BCUT2D eigenvalue weighted by atomic mass is 10.1. The Morgan fingerprint density at radius 1 is 1.33 bits per heavy atom. The van der Waals surface area contributed by atoms with Gasteiger partial charge in [-0.2, -0.15) is 0 Å². The smallest absolute Gasteiger partial charge is 0.158 e. The lowest BCUT2D eigenvalue weighted by Gasteiger charge is -2.23. The SMILES string of the molecule is CCCC(=O)/C=C1\Sc2cc(OC)ccc2N1C1=CCCCCC1. The van der Waals surface area contributed by atoms with Gasteiger partial charge in [-0.15, -0.1) is 0 Å². The molecule has 0 unspecified atom stereocenters. The zero-order valence-electron chi connectivity index (χ0n) is 14.5. The zero-order chi connectivity index (χ0) is 16.9. The summed E-state index contributed by atoms with van der Waals surface area (Å²) in [6, 6.07) is 6.17. The van der Waals surface area contributed by atoms with Crippen LogP contribution in [0.3, 0.4) is 0 Å². The van der Waals surface area contributed by atoms with Crippen molar-refractivity contribution in [3.05, 3.63) is 41.1 Å². The van der Waals surface area contributed by atoms with Crippen LogP contribution in [-0.2, 0) is 4.79 Å². The maximum absolute atomic E-state index is 12.2. The van der Waals surface area contributed by atoms with Crippen LogP contribution < -0.4 is 9.64 Å². The van der Waals surface area contributed by atoms with Crippen molar-refractivity contribution in [2.75, 3.05) is 12.0 Å². The minimum Gasteiger partial charge on any atom is -0.497 e. The van der Waals surface area contributed by atoms with Crippen molar-refractivity contribution in [2.24, 2.45) is 0 Å². The number of methoxy groups -OCH3 is 1. The number of rotatable bonds is 5. The number of thioether (sulfide) groups is 1. The average Bonchev–Trinajstić information content (AvgIpc) is 2.74. The number of allylic oxidation sites excluding steroid dienone is 3. The largest absolute Gasteiger partial charge is 0.497 e. The maximum atomic E-state index is 12.2. The van der Waals surface area contributed by atoms with Crippen LogP contribution in [0, 0.1) is 0 Å². The van der Waals surface area contributed by atoms with Gasteiger partial charge >= 0.3 is 0 Å². The summed E-state index contributed by atoms with van der Waals surface area (Å²) >= 11 is 1.67. The normalized spacial score (nSPS) is 19.0. The van der Waals surface area contributed by atoms with Gasteiger partial charge in [0.1, 0.15) is 5.75 Å². The van der Waals surface area contributed by atoms with Gasteiger partial charge in [-0.25, -0.2) is 0 Å². The second-order valence-corrected chi connectivity index (χ2v) is 7.33. The van der Waals surface area contributed by atoms with E-state index in [1.807, 2.05) is 19.1 Å². The van der Waals surface area contributed by atoms with Crippen LogP contribution in [0.1, 0.15) is 51.9 Å². The molecule has 3 nitrogen and oxygen atoms in total. The molecule has 0 spiro atoms. The third kappa shape index (κ3) is 3.69. The fourth-order valence-electron chi connectivity index (χ4n) is 3.21. The third-order valence-electron chi connectivity index (χ3n) is 4.43. The summed E-state index contributed by atoms with van der Waals surface area (Å²) in [4.78, 5) is 15.7. The average molecular weight is 343 g/mol. The fourth-order valence-corrected chi connectivity index (χ4v) is 4.37. The second kappa shape index (κ2) is 7.93. The van der Waals surface area contributed by atoms with Crippen LogP contribution in [-0.4, -0.2) is 12.9 Å². The van der Waals surface area contributed by atoms with E-state index in [1.165, 1.54) is 30.6 Å². The summed E-state index contributed by atoms with van der Waals surface area (Å²) in [6.07, 6.45) is 11.6. The molecule has 24 heavy (non-hydrogen) atoms. The number of benzene rings is 1. The molecule has 3 rings (SSSR count). The van der Waals surface area contributed by atoms with E-state index in [1.54, 1.807) is 18.9 Å². The van der Waals surface area contributed by atoms with Gasteiger partial charge in [0, 0.05) is 23.1 Å². The number of nitrogens with zero attached hydrogens (tertiary/aromatic N) is 1. The molecule has 1 aromatic carbocycles. The van der Waals surface area contributed by atoms with Gasteiger partial charge in [0.15, 0.2) is 5.78 Å². The molecule has 0 amide bonds. The number of fused-ring (bicyclic) bond motifs is 1. The Morgan fingerprint density at radius 2 is 2.21 bits per heavy atom. The van der Waals surface area contributed by atoms with Crippen molar-refractivity contribution in [3.63, 3.8) is 0 Å². The standard InChI is InChI=1S/C20H25NO2S/c1-3-8-16(22)13-20-21(15-9-6-4-5-7-10-15)18-12-11-17(23-2)14-19(18)24-20/h9,11-14H,3-8,10H2,1-2H3/b20-13-. The number of anilines is 1. The predicted octanol–water partition coefficient (Wildman–Crippen LogP) is 5.67. The summed E-state index contributed by atoms with van der Waals surface area (Å²) in [5.41, 5.74) is 2.50. The molecule has 0 fully saturated rings. The molecule has 0 radical (unpaired) electrons. The van der Waals surface area contributed by atoms with Crippen molar-refractivity contribution in [1.29, 1.82) is 0 Å². The van der Waals surface area contributed by atoms with Gasteiger partial charge in [-0.05, 0) is 50.3 Å². The van der Waals surface area contributed by atoms with E-state index >= 15 is 0 Å². The summed E-state index contributed by atoms with van der Waals surface area (Å²) in [6.45, 7) is 2.05. The Kier molecular flexibility index (Phi) is 5.67. The molecule has 0 aromatic heterocycles. The van der Waals surface area contributed by atoms with Crippen LogP contribution in [0.5, 0.6) is 5.75 Å². The fraction of sp³-hybridized carbons (Fsp3) is 0.450. The van der Waals surface area contributed by atoms with Crippen molar-refractivity contribution >= 4 is 23.2 Å². The molecule has 0 saturated carbocycles. The quantitative estimate of drug-likeness (QED) is 0.645.